The molecule has 0 unspecified atom stereocenters. The van der Waals surface area contributed by atoms with Crippen molar-refractivity contribution in [1.29, 1.82) is 0 Å². The predicted octanol–water partition coefficient (Wildman–Crippen LogP) is -0.465. The molecule has 116 valence electrons. The van der Waals surface area contributed by atoms with Gasteiger partial charge in [0, 0.05) is 13.7 Å². The van der Waals surface area contributed by atoms with Crippen LogP contribution in [0.3, 0.4) is 0 Å². The number of methoxy groups -OCH3 is 1. The van der Waals surface area contributed by atoms with E-state index in [1.54, 1.807) is 18.9 Å². The Morgan fingerprint density at radius 2 is 2.00 bits per heavy atom. The maximum atomic E-state index is 11.7. The number of likely N-dealkylation sites (tertiary alicyclic amines) is 1. The summed E-state index contributed by atoms with van der Waals surface area (Å²) in [6.07, 6.45) is 0. The fourth-order valence-electron chi connectivity index (χ4n) is 1.82. The zero-order valence-corrected chi connectivity index (χ0v) is 11.9. The number of carboxylic acid groups (broad SMARTS) is 1. The van der Waals surface area contributed by atoms with Crippen LogP contribution in [0.1, 0.15) is 6.92 Å². The summed E-state index contributed by atoms with van der Waals surface area (Å²) in [5, 5.41) is 11.2. The third kappa shape index (κ3) is 5.72. The molecule has 0 aliphatic carbocycles. The van der Waals surface area contributed by atoms with Gasteiger partial charge in [0.2, 0.25) is 0 Å². The van der Waals surface area contributed by atoms with Gasteiger partial charge in [-0.2, -0.15) is 0 Å². The monoisotopic (exact) mass is 290 g/mol. The van der Waals surface area contributed by atoms with Crippen LogP contribution in [0.4, 0.5) is 4.79 Å². The maximum Gasteiger partial charge on any atom is 0.329 e. The smallest absolute Gasteiger partial charge is 0.329 e. The van der Waals surface area contributed by atoms with Gasteiger partial charge in [0.15, 0.2) is 0 Å². The molecule has 0 radical (unpaired) electrons. The van der Waals surface area contributed by atoms with Crippen molar-refractivity contribution in [3.63, 3.8) is 0 Å². The Kier molecular flexibility index (Phi) is 6.69. The maximum absolute atomic E-state index is 11.7. The summed E-state index contributed by atoms with van der Waals surface area (Å²) in [5.41, 5.74) is -0.565. The number of rotatable bonds is 9. The molecule has 1 aliphatic rings. The van der Waals surface area contributed by atoms with Crippen molar-refractivity contribution in [2.75, 3.05) is 53.2 Å². The molecule has 1 fully saturated rings. The van der Waals surface area contributed by atoms with E-state index < -0.39 is 11.6 Å². The van der Waals surface area contributed by atoms with Crippen molar-refractivity contribution in [1.82, 2.24) is 10.2 Å². The third-order valence-electron chi connectivity index (χ3n) is 2.84. The second-order valence-corrected chi connectivity index (χ2v) is 4.83. The first-order valence-corrected chi connectivity index (χ1v) is 6.42. The highest BCUT2D eigenvalue weighted by molar-refractivity contribution is 5.75. The Morgan fingerprint density at radius 1 is 1.30 bits per heavy atom. The van der Waals surface area contributed by atoms with Crippen LogP contribution >= 0.6 is 0 Å². The van der Waals surface area contributed by atoms with Gasteiger partial charge in [0.05, 0.1) is 32.9 Å². The highest BCUT2D eigenvalue weighted by Crippen LogP contribution is 2.24. The van der Waals surface area contributed by atoms with Gasteiger partial charge < -0.3 is 29.5 Å². The van der Waals surface area contributed by atoms with E-state index >= 15 is 0 Å². The van der Waals surface area contributed by atoms with Crippen LogP contribution in [-0.4, -0.2) is 80.8 Å². The SMILES string of the molecule is COCCOCCNC(=O)N1CC(C)(OCC(=O)O)C1. The molecule has 0 saturated carbocycles. The number of ether oxygens (including phenoxy) is 3. The van der Waals surface area contributed by atoms with Gasteiger partial charge in [-0.15, -0.1) is 0 Å². The Hall–Kier alpha value is -1.38. The molecule has 2 amide bonds. The number of hydrogen-bond acceptors (Lipinski definition) is 5. The molecule has 0 aromatic rings. The Bertz CT molecular complexity index is 330. The van der Waals surface area contributed by atoms with E-state index in [1.807, 2.05) is 0 Å². The van der Waals surface area contributed by atoms with Crippen LogP contribution in [0.15, 0.2) is 0 Å². The second kappa shape index (κ2) is 8.03. The fraction of sp³-hybridized carbons (Fsp3) is 0.833. The van der Waals surface area contributed by atoms with Gasteiger partial charge in [-0.3, -0.25) is 0 Å². The van der Waals surface area contributed by atoms with E-state index in [2.05, 4.69) is 5.32 Å². The summed E-state index contributed by atoms with van der Waals surface area (Å²) < 4.78 is 15.3. The van der Waals surface area contributed by atoms with Crippen molar-refractivity contribution in [2.24, 2.45) is 0 Å². The predicted molar refractivity (Wildman–Crippen MR) is 69.7 cm³/mol. The van der Waals surface area contributed by atoms with E-state index in [4.69, 9.17) is 19.3 Å². The number of nitrogens with one attached hydrogen (secondary N) is 1. The summed E-state index contributed by atoms with van der Waals surface area (Å²) in [4.78, 5) is 23.7. The molecule has 0 aromatic heterocycles. The minimum absolute atomic E-state index is 0.197. The number of carbonyl (C=O) groups excluding carboxylic acids is 1. The topological polar surface area (TPSA) is 97.3 Å². The molecule has 20 heavy (non-hydrogen) atoms. The van der Waals surface area contributed by atoms with Gasteiger partial charge in [-0.05, 0) is 6.92 Å². The van der Waals surface area contributed by atoms with Gasteiger partial charge in [0.25, 0.3) is 0 Å². The van der Waals surface area contributed by atoms with Crippen LogP contribution in [0, 0.1) is 0 Å². The van der Waals surface area contributed by atoms with Gasteiger partial charge in [-0.25, -0.2) is 9.59 Å². The van der Waals surface area contributed by atoms with Crippen molar-refractivity contribution in [2.45, 2.75) is 12.5 Å². The largest absolute Gasteiger partial charge is 0.480 e. The average Bonchev–Trinajstić information content (AvgIpc) is 2.37. The lowest BCUT2D eigenvalue weighted by Gasteiger charge is -2.46. The number of nitrogens with zero attached hydrogens (tertiary/aromatic N) is 1. The third-order valence-corrected chi connectivity index (χ3v) is 2.84. The summed E-state index contributed by atoms with van der Waals surface area (Å²) in [7, 11) is 1.60. The lowest BCUT2D eigenvalue weighted by atomic mass is 9.97. The number of aliphatic carboxylic acids is 1. The quantitative estimate of drug-likeness (QED) is 0.557. The van der Waals surface area contributed by atoms with E-state index in [1.165, 1.54) is 0 Å². The van der Waals surface area contributed by atoms with E-state index in [0.29, 0.717) is 39.5 Å². The normalized spacial score (nSPS) is 16.6. The first-order chi connectivity index (χ1) is 9.47. The van der Waals surface area contributed by atoms with Crippen molar-refractivity contribution in [3.8, 4) is 0 Å². The number of urea groups is 1. The minimum atomic E-state index is -1.01. The molecule has 0 spiro atoms. The van der Waals surface area contributed by atoms with Gasteiger partial charge >= 0.3 is 12.0 Å². The van der Waals surface area contributed by atoms with E-state index in [9.17, 15) is 9.59 Å². The summed E-state index contributed by atoms with van der Waals surface area (Å²) in [6.45, 7) is 4.08. The van der Waals surface area contributed by atoms with Crippen LogP contribution in [0.2, 0.25) is 0 Å². The van der Waals surface area contributed by atoms with E-state index in [0.717, 1.165) is 0 Å². The van der Waals surface area contributed by atoms with Crippen LogP contribution in [0.25, 0.3) is 0 Å². The molecule has 1 heterocycles. The van der Waals surface area contributed by atoms with Gasteiger partial charge in [-0.1, -0.05) is 0 Å². The Labute approximate surface area is 118 Å². The molecule has 1 saturated heterocycles. The zero-order valence-electron chi connectivity index (χ0n) is 11.9. The molecule has 0 atom stereocenters. The lowest BCUT2D eigenvalue weighted by Crippen LogP contribution is -2.65. The Balaban J connectivity index is 2.07. The molecular formula is C12H22N2O6. The van der Waals surface area contributed by atoms with Crippen molar-refractivity contribution in [3.05, 3.63) is 0 Å². The van der Waals surface area contributed by atoms with Crippen molar-refractivity contribution >= 4 is 12.0 Å². The second-order valence-electron chi connectivity index (χ2n) is 4.83. The first-order valence-electron chi connectivity index (χ1n) is 6.42. The fourth-order valence-corrected chi connectivity index (χ4v) is 1.82. The van der Waals surface area contributed by atoms with Crippen molar-refractivity contribution < 1.29 is 28.9 Å². The lowest BCUT2D eigenvalue weighted by molar-refractivity contribution is -0.159. The van der Waals surface area contributed by atoms with Crippen LogP contribution in [0.5, 0.6) is 0 Å². The molecule has 8 nitrogen and oxygen atoms in total. The summed E-state index contributed by atoms with van der Waals surface area (Å²) in [6, 6.07) is -0.197. The molecule has 0 bridgehead atoms. The molecule has 8 heteroatoms. The molecule has 1 aliphatic heterocycles. The molecule has 2 N–H and O–H groups in total. The standard InChI is InChI=1S/C12H22N2O6/c1-12(20-7-10(15)16)8-14(9-12)11(17)13-3-4-19-6-5-18-2/h3-9H2,1-2H3,(H,13,17)(H,15,16). The number of carboxylic acids is 1. The van der Waals surface area contributed by atoms with Gasteiger partial charge in [0.1, 0.15) is 12.2 Å². The molecule has 0 aromatic carbocycles. The first kappa shape index (κ1) is 16.7. The molecule has 1 rings (SSSR count). The minimum Gasteiger partial charge on any atom is -0.480 e. The summed E-state index contributed by atoms with van der Waals surface area (Å²) in [5.74, 6) is -1.01. The number of hydrogen-bond donors (Lipinski definition) is 2. The Morgan fingerprint density at radius 3 is 2.60 bits per heavy atom. The number of amides is 2. The summed E-state index contributed by atoms with van der Waals surface area (Å²) >= 11 is 0. The number of carbonyl (C=O) groups is 2. The molecular weight excluding hydrogens is 268 g/mol. The highest BCUT2D eigenvalue weighted by atomic mass is 16.5. The highest BCUT2D eigenvalue weighted by Gasteiger charge is 2.42. The van der Waals surface area contributed by atoms with Crippen LogP contribution < -0.4 is 5.32 Å². The van der Waals surface area contributed by atoms with E-state index in [-0.39, 0.29) is 12.6 Å². The van der Waals surface area contributed by atoms with Crippen LogP contribution in [-0.2, 0) is 19.0 Å². The zero-order chi connectivity index (χ0) is 15.0. The average molecular weight is 290 g/mol.